The van der Waals surface area contributed by atoms with E-state index < -0.39 is 0 Å². The van der Waals surface area contributed by atoms with Gasteiger partial charge in [0.15, 0.2) is 0 Å². The van der Waals surface area contributed by atoms with E-state index in [9.17, 15) is 0 Å². The van der Waals surface area contributed by atoms with Gasteiger partial charge in [-0.2, -0.15) is 0 Å². The highest BCUT2D eigenvalue weighted by atomic mass is 16.5. The van der Waals surface area contributed by atoms with Gasteiger partial charge in [-0.25, -0.2) is 0 Å². The molecule has 0 radical (unpaired) electrons. The highest BCUT2D eigenvalue weighted by Crippen LogP contribution is 2.45. The predicted octanol–water partition coefficient (Wildman–Crippen LogP) is 6.26. The molecular formula is C21H32O. The third-order valence-electron chi connectivity index (χ3n) is 5.15. The van der Waals surface area contributed by atoms with Crippen molar-refractivity contribution in [3.05, 3.63) is 39.1 Å². The molecule has 1 aromatic carbocycles. The van der Waals surface area contributed by atoms with E-state index in [1.807, 2.05) is 0 Å². The summed E-state index contributed by atoms with van der Waals surface area (Å²) in [5, 5.41) is 0. The molecule has 0 amide bonds. The molecule has 122 valence electrons. The lowest BCUT2D eigenvalue weighted by Crippen LogP contribution is -2.23. The molecular weight excluding hydrogens is 268 g/mol. The molecule has 0 saturated carbocycles. The molecule has 1 aromatic rings. The van der Waals surface area contributed by atoms with E-state index in [1.54, 1.807) is 5.56 Å². The molecule has 1 atom stereocenters. The minimum Gasteiger partial charge on any atom is -0.490 e. The Labute approximate surface area is 136 Å². The normalized spacial score (nSPS) is 18.3. The first-order chi connectivity index (χ1) is 10.1. The van der Waals surface area contributed by atoms with Crippen molar-refractivity contribution in [2.45, 2.75) is 86.7 Å². The van der Waals surface area contributed by atoms with Gasteiger partial charge in [0.2, 0.25) is 0 Å². The second-order valence-electron chi connectivity index (χ2n) is 7.64. The molecule has 0 aromatic heterocycles. The predicted molar refractivity (Wildman–Crippen MR) is 96.4 cm³/mol. The topological polar surface area (TPSA) is 9.23 Å². The van der Waals surface area contributed by atoms with Crippen LogP contribution in [0.15, 0.2) is 5.76 Å². The maximum Gasteiger partial charge on any atom is 0.121 e. The molecule has 1 aliphatic heterocycles. The van der Waals surface area contributed by atoms with Gasteiger partial charge in [0.05, 0.1) is 5.76 Å². The van der Waals surface area contributed by atoms with E-state index in [1.165, 1.54) is 33.4 Å². The Balaban J connectivity index is 3.01. The molecule has 1 heteroatoms. The molecule has 1 heterocycles. The Morgan fingerprint density at radius 1 is 0.955 bits per heavy atom. The van der Waals surface area contributed by atoms with Crippen LogP contribution in [0.3, 0.4) is 0 Å². The van der Waals surface area contributed by atoms with Gasteiger partial charge in [-0.05, 0) is 79.3 Å². The summed E-state index contributed by atoms with van der Waals surface area (Å²) in [5.41, 5.74) is 10.5. The third kappa shape index (κ3) is 2.49. The van der Waals surface area contributed by atoms with Crippen molar-refractivity contribution in [2.24, 2.45) is 0 Å². The van der Waals surface area contributed by atoms with E-state index in [2.05, 4.69) is 62.3 Å². The van der Waals surface area contributed by atoms with Gasteiger partial charge in [-0.15, -0.1) is 0 Å². The first-order valence-corrected chi connectivity index (χ1v) is 8.68. The summed E-state index contributed by atoms with van der Waals surface area (Å²) >= 11 is 0. The van der Waals surface area contributed by atoms with Crippen LogP contribution in [0.5, 0.6) is 0 Å². The Hall–Kier alpha value is -1.24. The Morgan fingerprint density at radius 2 is 1.50 bits per heavy atom. The van der Waals surface area contributed by atoms with E-state index in [0.29, 0.717) is 0 Å². The maximum absolute atomic E-state index is 6.11. The van der Waals surface area contributed by atoms with Crippen molar-refractivity contribution in [3.8, 4) is 0 Å². The van der Waals surface area contributed by atoms with Crippen LogP contribution in [0, 0.1) is 6.92 Å². The fourth-order valence-electron chi connectivity index (χ4n) is 4.23. The number of ether oxygens (including phenoxy) is 1. The second-order valence-corrected chi connectivity index (χ2v) is 7.64. The zero-order valence-corrected chi connectivity index (χ0v) is 15.9. The van der Waals surface area contributed by atoms with Gasteiger partial charge < -0.3 is 4.74 Å². The lowest BCUT2D eigenvalue weighted by Gasteiger charge is -2.36. The Bertz CT molecular complexity index is 627. The fraction of sp³-hybridized carbons (Fsp3) is 0.619. The van der Waals surface area contributed by atoms with Gasteiger partial charge in [0.1, 0.15) is 6.10 Å². The first-order valence-electron chi connectivity index (χ1n) is 8.68. The highest BCUT2D eigenvalue weighted by molar-refractivity contribution is 5.76. The van der Waals surface area contributed by atoms with Crippen LogP contribution in [-0.2, 0) is 23.0 Å². The average Bonchev–Trinajstić information content (AvgIpc) is 2.42. The van der Waals surface area contributed by atoms with Crippen LogP contribution in [0.4, 0.5) is 0 Å². The molecule has 1 unspecified atom stereocenters. The van der Waals surface area contributed by atoms with Gasteiger partial charge in [-0.1, -0.05) is 34.6 Å². The fourth-order valence-corrected chi connectivity index (χ4v) is 4.23. The summed E-state index contributed by atoms with van der Waals surface area (Å²) in [6.07, 6.45) is 2.33. The first kappa shape index (κ1) is 17.1. The van der Waals surface area contributed by atoms with E-state index in [-0.39, 0.29) is 11.5 Å². The number of hydrogen-bond acceptors (Lipinski definition) is 1. The molecule has 0 aliphatic carbocycles. The number of rotatable bonds is 2. The summed E-state index contributed by atoms with van der Waals surface area (Å²) < 4.78 is 6.11. The second kappa shape index (κ2) is 5.76. The van der Waals surface area contributed by atoms with Crippen molar-refractivity contribution in [1.82, 2.24) is 0 Å². The van der Waals surface area contributed by atoms with Gasteiger partial charge in [0, 0.05) is 5.56 Å². The summed E-state index contributed by atoms with van der Waals surface area (Å²) in [6.45, 7) is 20.4. The van der Waals surface area contributed by atoms with Crippen LogP contribution >= 0.6 is 0 Å². The number of hydrogen-bond donors (Lipinski definition) is 0. The van der Waals surface area contributed by atoms with E-state index in [4.69, 9.17) is 4.74 Å². The third-order valence-corrected chi connectivity index (χ3v) is 5.15. The van der Waals surface area contributed by atoms with E-state index in [0.717, 1.165) is 18.6 Å². The molecule has 0 N–H and O–H groups in total. The minimum atomic E-state index is 0.156. The lowest BCUT2D eigenvalue weighted by molar-refractivity contribution is 0.130. The van der Waals surface area contributed by atoms with Crippen molar-refractivity contribution >= 4 is 5.57 Å². The molecule has 0 fully saturated rings. The summed E-state index contributed by atoms with van der Waals surface area (Å²) in [5.74, 6) is 1.08. The van der Waals surface area contributed by atoms with Crippen LogP contribution < -0.4 is 0 Å². The summed E-state index contributed by atoms with van der Waals surface area (Å²) in [6, 6.07) is 0. The largest absolute Gasteiger partial charge is 0.490 e. The quantitative estimate of drug-likeness (QED) is 0.626. The molecule has 0 saturated heterocycles. The summed E-state index contributed by atoms with van der Waals surface area (Å²) in [4.78, 5) is 0. The van der Waals surface area contributed by atoms with Crippen LogP contribution in [0.25, 0.3) is 5.57 Å². The van der Waals surface area contributed by atoms with E-state index >= 15 is 0 Å². The maximum atomic E-state index is 6.11. The minimum absolute atomic E-state index is 0.156. The van der Waals surface area contributed by atoms with Crippen LogP contribution in [0.1, 0.15) is 94.9 Å². The zero-order chi connectivity index (χ0) is 16.8. The van der Waals surface area contributed by atoms with Crippen LogP contribution in [-0.4, -0.2) is 0 Å². The SMILES string of the molecule is CCc1c(C)c2c(c(CC)c1C(C)(C)C)C(C)=C(C)OC2C. The molecule has 1 aliphatic rings. The smallest absolute Gasteiger partial charge is 0.121 e. The van der Waals surface area contributed by atoms with Gasteiger partial charge >= 0.3 is 0 Å². The molecule has 0 spiro atoms. The Morgan fingerprint density at radius 3 is 1.95 bits per heavy atom. The molecule has 0 bridgehead atoms. The molecule has 2 rings (SSSR count). The number of allylic oxidation sites excluding steroid dienone is 2. The summed E-state index contributed by atoms with van der Waals surface area (Å²) in [7, 11) is 0. The zero-order valence-electron chi connectivity index (χ0n) is 15.9. The monoisotopic (exact) mass is 300 g/mol. The molecule has 1 nitrogen and oxygen atoms in total. The lowest BCUT2D eigenvalue weighted by atomic mass is 9.72. The average molecular weight is 300 g/mol. The van der Waals surface area contributed by atoms with Crippen molar-refractivity contribution < 1.29 is 4.74 Å². The van der Waals surface area contributed by atoms with Crippen molar-refractivity contribution in [1.29, 1.82) is 0 Å². The van der Waals surface area contributed by atoms with Crippen molar-refractivity contribution in [3.63, 3.8) is 0 Å². The Kier molecular flexibility index (Phi) is 4.48. The van der Waals surface area contributed by atoms with Crippen LogP contribution in [0.2, 0.25) is 0 Å². The highest BCUT2D eigenvalue weighted by Gasteiger charge is 2.32. The number of benzene rings is 1. The standard InChI is InChI=1S/C21H32O/c1-10-16-13(4)18-15(6)22-14(5)12(3)19(18)17(11-2)20(16)21(7,8)9/h15H,10-11H2,1-9H3. The van der Waals surface area contributed by atoms with Gasteiger partial charge in [0.25, 0.3) is 0 Å². The van der Waals surface area contributed by atoms with Crippen molar-refractivity contribution in [2.75, 3.05) is 0 Å². The molecule has 22 heavy (non-hydrogen) atoms. The van der Waals surface area contributed by atoms with Gasteiger partial charge in [-0.3, -0.25) is 0 Å². The number of fused-ring (bicyclic) bond motifs is 1.